The fraction of sp³-hybridized carbons (Fsp3) is 0.314. The van der Waals surface area contributed by atoms with Crippen LogP contribution in [0.3, 0.4) is 0 Å². The van der Waals surface area contributed by atoms with Gasteiger partial charge in [0.05, 0.1) is 12.3 Å². The third kappa shape index (κ3) is 6.20. The Kier molecular flexibility index (Phi) is 8.31. The van der Waals surface area contributed by atoms with Gasteiger partial charge < -0.3 is 15.8 Å². The van der Waals surface area contributed by atoms with Gasteiger partial charge in [-0.2, -0.15) is 0 Å². The fourth-order valence-corrected chi connectivity index (χ4v) is 6.30. The van der Waals surface area contributed by atoms with Crippen molar-refractivity contribution in [3.63, 3.8) is 0 Å². The highest BCUT2D eigenvalue weighted by Crippen LogP contribution is 2.42. The molecule has 0 radical (unpaired) electrons. The van der Waals surface area contributed by atoms with E-state index in [9.17, 15) is 14.0 Å². The van der Waals surface area contributed by atoms with Crippen LogP contribution in [0.5, 0.6) is 5.75 Å². The number of aromatic nitrogens is 3. The smallest absolute Gasteiger partial charge is 0.272 e. The number of aryl methyl sites for hydroxylation is 1. The van der Waals surface area contributed by atoms with Gasteiger partial charge in [-0.05, 0) is 73.4 Å². The van der Waals surface area contributed by atoms with Crippen molar-refractivity contribution in [3.05, 3.63) is 93.2 Å². The zero-order valence-corrected chi connectivity index (χ0v) is 27.6. The molecular weight excluding hydrogens is 589 g/mol. The Morgan fingerprint density at radius 1 is 1.00 bits per heavy atom. The Morgan fingerprint density at radius 3 is 2.29 bits per heavy atom. The Bertz CT molecular complexity index is 1980. The van der Waals surface area contributed by atoms with Gasteiger partial charge in [-0.15, -0.1) is 0 Å². The van der Waals surface area contributed by atoms with Crippen LogP contribution in [0.15, 0.2) is 59.4 Å². The van der Waals surface area contributed by atoms with E-state index >= 15 is 0 Å². The SMILES string of the molecule is CCOc1c(C(C)(C)C)c(C(C)(C)C)n(-c2ccc(F)cc2)c(=O)c1C(=O)Nc1ccc(-c2ccc3nc(N)sc3n2)c(C)c1. The zero-order chi connectivity index (χ0) is 32.8. The van der Waals surface area contributed by atoms with E-state index in [0.29, 0.717) is 22.2 Å². The third-order valence-electron chi connectivity index (χ3n) is 7.42. The first kappa shape index (κ1) is 31.8. The number of carbonyl (C=O) groups excluding carboxylic acids is 1. The second kappa shape index (κ2) is 11.7. The zero-order valence-electron chi connectivity index (χ0n) is 26.8. The number of thiazole rings is 1. The summed E-state index contributed by atoms with van der Waals surface area (Å²) in [5.41, 5.74) is 9.81. The molecule has 2 aromatic carbocycles. The van der Waals surface area contributed by atoms with Crippen molar-refractivity contribution in [3.8, 4) is 22.7 Å². The molecule has 3 N–H and O–H groups in total. The summed E-state index contributed by atoms with van der Waals surface area (Å²) in [5.74, 6) is -0.767. The molecule has 3 aromatic heterocycles. The van der Waals surface area contributed by atoms with Crippen molar-refractivity contribution in [2.24, 2.45) is 0 Å². The Morgan fingerprint density at radius 2 is 1.69 bits per heavy atom. The predicted molar refractivity (Wildman–Crippen MR) is 181 cm³/mol. The molecule has 0 aliphatic rings. The maximum absolute atomic E-state index is 14.5. The fourth-order valence-electron chi connectivity index (χ4n) is 5.59. The molecule has 234 valence electrons. The van der Waals surface area contributed by atoms with Crippen LogP contribution in [0.4, 0.5) is 15.2 Å². The molecule has 10 heteroatoms. The molecule has 0 saturated carbocycles. The first-order valence-corrected chi connectivity index (χ1v) is 15.6. The minimum Gasteiger partial charge on any atom is -0.492 e. The predicted octanol–water partition coefficient (Wildman–Crippen LogP) is 7.78. The molecule has 0 aliphatic heterocycles. The van der Waals surface area contributed by atoms with Crippen LogP contribution < -0.4 is 21.3 Å². The Labute approximate surface area is 266 Å². The molecule has 0 atom stereocenters. The van der Waals surface area contributed by atoms with Crippen molar-refractivity contribution in [2.75, 3.05) is 17.7 Å². The van der Waals surface area contributed by atoms with E-state index in [4.69, 9.17) is 15.5 Å². The van der Waals surface area contributed by atoms with E-state index in [1.54, 1.807) is 18.2 Å². The number of hydrogen-bond donors (Lipinski definition) is 2. The summed E-state index contributed by atoms with van der Waals surface area (Å²) in [5, 5.41) is 3.40. The lowest BCUT2D eigenvalue weighted by atomic mass is 9.76. The Hall–Kier alpha value is -4.57. The maximum atomic E-state index is 14.5. The lowest BCUT2D eigenvalue weighted by Gasteiger charge is -2.35. The molecule has 0 bridgehead atoms. The molecule has 0 aliphatic carbocycles. The number of nitrogens with two attached hydrogens (primary N) is 1. The van der Waals surface area contributed by atoms with Crippen LogP contribution in [-0.4, -0.2) is 27.0 Å². The second-order valence-electron chi connectivity index (χ2n) is 13.0. The molecule has 5 rings (SSSR count). The minimum absolute atomic E-state index is 0.115. The summed E-state index contributed by atoms with van der Waals surface area (Å²) in [7, 11) is 0. The van der Waals surface area contributed by atoms with Crippen LogP contribution in [0, 0.1) is 12.7 Å². The van der Waals surface area contributed by atoms with E-state index in [-0.39, 0.29) is 17.9 Å². The summed E-state index contributed by atoms with van der Waals surface area (Å²) >= 11 is 1.32. The Balaban J connectivity index is 1.66. The first-order chi connectivity index (χ1) is 21.1. The number of fused-ring (bicyclic) bond motifs is 1. The van der Waals surface area contributed by atoms with Crippen molar-refractivity contribution >= 4 is 38.4 Å². The number of amides is 1. The normalized spacial score (nSPS) is 12.0. The van der Waals surface area contributed by atoms with Crippen molar-refractivity contribution < 1.29 is 13.9 Å². The minimum atomic E-state index is -0.600. The monoisotopic (exact) mass is 627 g/mol. The van der Waals surface area contributed by atoms with Gasteiger partial charge in [0.1, 0.15) is 27.5 Å². The van der Waals surface area contributed by atoms with Gasteiger partial charge in [0.15, 0.2) is 5.13 Å². The standard InChI is InChI=1S/C35H38FN5O3S/c1-9-44-28-26(32(43)41(22-13-10-20(36)11-14-22)29(35(6,7)8)27(28)34(3,4)5)30(42)38-21-12-15-23(19(2)18-21)24-16-17-25-31(39-24)45-33(37)40-25/h10-18H,9H2,1-8H3,(H2,37,40)(H,38,42). The van der Waals surface area contributed by atoms with Gasteiger partial charge in [0.25, 0.3) is 11.5 Å². The average molecular weight is 628 g/mol. The third-order valence-corrected chi connectivity index (χ3v) is 8.22. The number of nitrogens with one attached hydrogen (secondary N) is 1. The lowest BCUT2D eigenvalue weighted by molar-refractivity contribution is 0.102. The van der Waals surface area contributed by atoms with Gasteiger partial charge >= 0.3 is 0 Å². The average Bonchev–Trinajstić information content (AvgIpc) is 3.31. The van der Waals surface area contributed by atoms with E-state index in [0.717, 1.165) is 32.7 Å². The molecule has 0 fully saturated rings. The van der Waals surface area contributed by atoms with Gasteiger partial charge in [-0.1, -0.05) is 58.9 Å². The van der Waals surface area contributed by atoms with Crippen molar-refractivity contribution in [2.45, 2.75) is 66.2 Å². The van der Waals surface area contributed by atoms with Crippen LogP contribution in [0.25, 0.3) is 27.3 Å². The number of ether oxygens (including phenoxy) is 1. The molecule has 0 spiro atoms. The molecule has 3 heterocycles. The topological polar surface area (TPSA) is 112 Å². The first-order valence-electron chi connectivity index (χ1n) is 14.8. The van der Waals surface area contributed by atoms with Crippen LogP contribution in [-0.2, 0) is 10.8 Å². The van der Waals surface area contributed by atoms with Gasteiger partial charge in [-0.3, -0.25) is 14.2 Å². The van der Waals surface area contributed by atoms with Crippen LogP contribution in [0.2, 0.25) is 0 Å². The summed E-state index contributed by atoms with van der Waals surface area (Å²) in [4.78, 5) is 38.3. The number of rotatable bonds is 6. The number of carbonyl (C=O) groups is 1. The summed E-state index contributed by atoms with van der Waals surface area (Å²) in [6, 6.07) is 15.0. The second-order valence-corrected chi connectivity index (χ2v) is 14.0. The molecule has 0 saturated heterocycles. The quantitative estimate of drug-likeness (QED) is 0.199. The molecule has 1 amide bonds. The van der Waals surface area contributed by atoms with E-state index in [1.165, 1.54) is 28.0 Å². The van der Waals surface area contributed by atoms with Gasteiger partial charge in [0, 0.05) is 33.6 Å². The number of hydrogen-bond acceptors (Lipinski definition) is 7. The van der Waals surface area contributed by atoms with Gasteiger partial charge in [0.2, 0.25) is 0 Å². The highest BCUT2D eigenvalue weighted by molar-refractivity contribution is 7.21. The number of benzene rings is 2. The molecule has 0 unspecified atom stereocenters. The summed E-state index contributed by atoms with van der Waals surface area (Å²) in [6.45, 7) is 16.1. The van der Waals surface area contributed by atoms with Crippen LogP contribution >= 0.6 is 11.3 Å². The molecular formula is C35H38FN5O3S. The molecule has 5 aromatic rings. The van der Waals surface area contributed by atoms with Gasteiger partial charge in [-0.25, -0.2) is 14.4 Å². The van der Waals surface area contributed by atoms with Crippen molar-refractivity contribution in [1.82, 2.24) is 14.5 Å². The number of pyridine rings is 2. The highest BCUT2D eigenvalue weighted by Gasteiger charge is 2.37. The lowest BCUT2D eigenvalue weighted by Crippen LogP contribution is -2.38. The van der Waals surface area contributed by atoms with E-state index in [2.05, 4.69) is 10.3 Å². The van der Waals surface area contributed by atoms with Crippen LogP contribution in [0.1, 0.15) is 75.6 Å². The van der Waals surface area contributed by atoms with E-state index in [1.807, 2.05) is 79.7 Å². The number of anilines is 2. The number of nitrogen functional groups attached to an aromatic ring is 1. The number of halogens is 1. The summed E-state index contributed by atoms with van der Waals surface area (Å²) < 4.78 is 21.7. The highest BCUT2D eigenvalue weighted by atomic mass is 32.1. The maximum Gasteiger partial charge on any atom is 0.272 e. The molecule has 8 nitrogen and oxygen atoms in total. The summed E-state index contributed by atoms with van der Waals surface area (Å²) in [6.07, 6.45) is 0. The number of nitrogens with zero attached hydrogens (tertiary/aromatic N) is 3. The largest absolute Gasteiger partial charge is 0.492 e. The van der Waals surface area contributed by atoms with Crippen molar-refractivity contribution in [1.29, 1.82) is 0 Å². The van der Waals surface area contributed by atoms with E-state index < -0.39 is 28.1 Å². The molecule has 45 heavy (non-hydrogen) atoms.